The molecule has 2 amide bonds. The third kappa shape index (κ3) is 5.45. The van der Waals surface area contributed by atoms with Crippen LogP contribution in [0.3, 0.4) is 0 Å². The van der Waals surface area contributed by atoms with Gasteiger partial charge in [-0.15, -0.1) is 12.4 Å². The Balaban J connectivity index is 0.00000261. The molecule has 0 spiro atoms. The third-order valence-electron chi connectivity index (χ3n) is 5.69. The molecule has 1 aromatic heterocycles. The van der Waals surface area contributed by atoms with E-state index in [2.05, 4.69) is 10.4 Å². The van der Waals surface area contributed by atoms with Crippen LogP contribution in [0.2, 0.25) is 0 Å². The summed E-state index contributed by atoms with van der Waals surface area (Å²) in [6.45, 7) is 2.70. The largest absolute Gasteiger partial charge is 0.341 e. The molecule has 1 N–H and O–H groups in total. The molecule has 1 aliphatic heterocycles. The Morgan fingerprint density at radius 1 is 1.15 bits per heavy atom. The lowest BCUT2D eigenvalue weighted by molar-refractivity contribution is -0.135. The molecule has 2 heterocycles. The Labute approximate surface area is 167 Å². The molecule has 2 aliphatic rings. The van der Waals surface area contributed by atoms with Crippen molar-refractivity contribution < 1.29 is 9.59 Å². The highest BCUT2D eigenvalue weighted by molar-refractivity contribution is 5.85. The first kappa shape index (κ1) is 21.7. The van der Waals surface area contributed by atoms with Crippen LogP contribution in [0.15, 0.2) is 12.4 Å². The number of halogens is 1. The second-order valence-electron chi connectivity index (χ2n) is 7.58. The van der Waals surface area contributed by atoms with Gasteiger partial charge in [-0.1, -0.05) is 12.8 Å². The lowest BCUT2D eigenvalue weighted by Crippen LogP contribution is -2.42. The molecule has 152 valence electrons. The van der Waals surface area contributed by atoms with Crippen LogP contribution in [0.4, 0.5) is 0 Å². The summed E-state index contributed by atoms with van der Waals surface area (Å²) in [6, 6.07) is -0.385. The van der Waals surface area contributed by atoms with Gasteiger partial charge in [0.25, 0.3) is 0 Å². The van der Waals surface area contributed by atoms with E-state index in [0.29, 0.717) is 32.0 Å². The third-order valence-corrected chi connectivity index (χ3v) is 5.69. The maximum atomic E-state index is 13.0. The predicted octanol–water partition coefficient (Wildman–Crippen LogP) is 1.74. The Kier molecular flexibility index (Phi) is 8.10. The molecule has 0 aromatic carbocycles. The van der Waals surface area contributed by atoms with Crippen molar-refractivity contribution in [2.75, 3.05) is 33.2 Å². The summed E-state index contributed by atoms with van der Waals surface area (Å²) in [6.07, 6.45) is 10.0. The zero-order valence-electron chi connectivity index (χ0n) is 16.4. The van der Waals surface area contributed by atoms with Crippen molar-refractivity contribution in [2.45, 2.75) is 44.6 Å². The summed E-state index contributed by atoms with van der Waals surface area (Å²) in [5, 5.41) is 7.27. The van der Waals surface area contributed by atoms with Crippen LogP contribution in [-0.4, -0.2) is 64.6 Å². The van der Waals surface area contributed by atoms with Gasteiger partial charge in [-0.3, -0.25) is 14.3 Å². The fraction of sp³-hybridized carbons (Fsp3) is 0.737. The first-order valence-corrected chi connectivity index (χ1v) is 9.81. The summed E-state index contributed by atoms with van der Waals surface area (Å²) in [5.74, 6) is 0.900. The average Bonchev–Trinajstić information content (AvgIpc) is 3.21. The average molecular weight is 398 g/mol. The maximum Gasteiger partial charge on any atom is 0.244 e. The SMILES string of the molecule is CNC(C(=O)N1CCCN(C(=O)CC2CCCC2)CC1)c1cnn(C)c1.Cl. The molecule has 1 aromatic rings. The van der Waals surface area contributed by atoms with Crippen LogP contribution in [0.25, 0.3) is 0 Å². The van der Waals surface area contributed by atoms with Gasteiger partial charge in [0.05, 0.1) is 6.20 Å². The number of likely N-dealkylation sites (N-methyl/N-ethyl adjacent to an activating group) is 1. The number of aromatic nitrogens is 2. The van der Waals surface area contributed by atoms with E-state index in [1.54, 1.807) is 17.9 Å². The number of nitrogens with zero attached hydrogens (tertiary/aromatic N) is 4. The van der Waals surface area contributed by atoms with Crippen molar-refractivity contribution >= 4 is 24.2 Å². The van der Waals surface area contributed by atoms with E-state index in [1.165, 1.54) is 25.7 Å². The van der Waals surface area contributed by atoms with Gasteiger partial charge in [0.15, 0.2) is 0 Å². The Bertz CT molecular complexity index is 629. The lowest BCUT2D eigenvalue weighted by atomic mass is 10.0. The molecule has 1 atom stereocenters. The standard InChI is InChI=1S/C19H31N5O2.ClH/c1-20-18(16-13-21-22(2)14-16)19(26)24-9-5-8-23(10-11-24)17(25)12-15-6-3-4-7-15;/h13-15,18,20H,3-12H2,1-2H3;1H. The summed E-state index contributed by atoms with van der Waals surface area (Å²) < 4.78 is 1.71. The molecule has 27 heavy (non-hydrogen) atoms. The molecule has 8 heteroatoms. The van der Waals surface area contributed by atoms with Crippen molar-refractivity contribution in [1.82, 2.24) is 24.9 Å². The topological polar surface area (TPSA) is 70.5 Å². The molecule has 1 saturated carbocycles. The minimum Gasteiger partial charge on any atom is -0.341 e. The molecule has 1 unspecified atom stereocenters. The van der Waals surface area contributed by atoms with E-state index in [9.17, 15) is 9.59 Å². The van der Waals surface area contributed by atoms with E-state index < -0.39 is 0 Å². The Morgan fingerprint density at radius 2 is 1.81 bits per heavy atom. The zero-order valence-corrected chi connectivity index (χ0v) is 17.2. The monoisotopic (exact) mass is 397 g/mol. The van der Waals surface area contributed by atoms with Crippen molar-refractivity contribution in [3.8, 4) is 0 Å². The molecule has 0 radical (unpaired) electrons. The second-order valence-corrected chi connectivity index (χ2v) is 7.58. The number of amides is 2. The fourth-order valence-corrected chi connectivity index (χ4v) is 4.18. The maximum absolute atomic E-state index is 13.0. The molecule has 2 fully saturated rings. The number of rotatable bonds is 5. The fourth-order valence-electron chi connectivity index (χ4n) is 4.18. The van der Waals surface area contributed by atoms with Crippen LogP contribution >= 0.6 is 12.4 Å². The molecule has 1 aliphatic carbocycles. The van der Waals surface area contributed by atoms with Gasteiger partial charge >= 0.3 is 0 Å². The van der Waals surface area contributed by atoms with Gasteiger partial charge in [-0.05, 0) is 32.2 Å². The lowest BCUT2D eigenvalue weighted by Gasteiger charge is -2.26. The summed E-state index contributed by atoms with van der Waals surface area (Å²) in [5.41, 5.74) is 0.874. The van der Waals surface area contributed by atoms with Crippen LogP contribution in [0, 0.1) is 5.92 Å². The summed E-state index contributed by atoms with van der Waals surface area (Å²) >= 11 is 0. The summed E-state index contributed by atoms with van der Waals surface area (Å²) in [7, 11) is 3.64. The molecule has 1 saturated heterocycles. The molecule has 3 rings (SSSR count). The molecular formula is C19H32ClN5O2. The van der Waals surface area contributed by atoms with Gasteiger partial charge < -0.3 is 15.1 Å². The van der Waals surface area contributed by atoms with Crippen LogP contribution in [0.5, 0.6) is 0 Å². The summed E-state index contributed by atoms with van der Waals surface area (Å²) in [4.78, 5) is 29.4. The molecule has 0 bridgehead atoms. The van der Waals surface area contributed by atoms with E-state index in [4.69, 9.17) is 0 Å². The van der Waals surface area contributed by atoms with E-state index in [1.807, 2.05) is 23.0 Å². The Morgan fingerprint density at radius 3 is 2.44 bits per heavy atom. The highest BCUT2D eigenvalue weighted by Crippen LogP contribution is 2.28. The van der Waals surface area contributed by atoms with Crippen LogP contribution in [-0.2, 0) is 16.6 Å². The number of carbonyl (C=O) groups is 2. The molecule has 7 nitrogen and oxygen atoms in total. The normalized spacial score (nSPS) is 19.5. The van der Waals surface area contributed by atoms with E-state index in [-0.39, 0.29) is 30.3 Å². The van der Waals surface area contributed by atoms with Gasteiger partial charge in [0.1, 0.15) is 6.04 Å². The first-order chi connectivity index (χ1) is 12.6. The van der Waals surface area contributed by atoms with E-state index in [0.717, 1.165) is 18.5 Å². The number of nitrogens with one attached hydrogen (secondary N) is 1. The highest BCUT2D eigenvalue weighted by atomic mass is 35.5. The van der Waals surface area contributed by atoms with Crippen molar-refractivity contribution in [2.24, 2.45) is 13.0 Å². The minimum atomic E-state index is -0.385. The first-order valence-electron chi connectivity index (χ1n) is 9.81. The number of carbonyl (C=O) groups excluding carboxylic acids is 2. The highest BCUT2D eigenvalue weighted by Gasteiger charge is 2.29. The van der Waals surface area contributed by atoms with Crippen molar-refractivity contribution in [3.05, 3.63) is 18.0 Å². The van der Waals surface area contributed by atoms with Gasteiger partial charge in [0.2, 0.25) is 11.8 Å². The van der Waals surface area contributed by atoms with Gasteiger partial charge in [0, 0.05) is 51.4 Å². The number of aryl methyl sites for hydroxylation is 1. The van der Waals surface area contributed by atoms with Gasteiger partial charge in [-0.2, -0.15) is 5.10 Å². The quantitative estimate of drug-likeness (QED) is 0.821. The minimum absolute atomic E-state index is 0. The van der Waals surface area contributed by atoms with Gasteiger partial charge in [-0.25, -0.2) is 0 Å². The smallest absolute Gasteiger partial charge is 0.244 e. The Hall–Kier alpha value is -1.60. The predicted molar refractivity (Wildman–Crippen MR) is 107 cm³/mol. The van der Waals surface area contributed by atoms with Crippen molar-refractivity contribution in [1.29, 1.82) is 0 Å². The van der Waals surface area contributed by atoms with E-state index >= 15 is 0 Å². The van der Waals surface area contributed by atoms with Crippen LogP contribution < -0.4 is 5.32 Å². The number of hydrogen-bond acceptors (Lipinski definition) is 4. The zero-order chi connectivity index (χ0) is 18.5. The second kappa shape index (κ2) is 10.1. The molecular weight excluding hydrogens is 366 g/mol. The van der Waals surface area contributed by atoms with Crippen molar-refractivity contribution in [3.63, 3.8) is 0 Å². The van der Waals surface area contributed by atoms with Crippen LogP contribution in [0.1, 0.15) is 50.1 Å². The number of hydrogen-bond donors (Lipinski definition) is 1.